The number of hydrogen-bond donors (Lipinski definition) is 4. The Balaban J connectivity index is 0.982. The van der Waals surface area contributed by atoms with E-state index in [0.717, 1.165) is 68.8 Å². The van der Waals surface area contributed by atoms with Crippen LogP contribution in [-0.4, -0.2) is 35.4 Å². The molecule has 2 amide bonds. The predicted molar refractivity (Wildman–Crippen MR) is 178 cm³/mol. The normalized spacial score (nSPS) is 14.5. The Morgan fingerprint density at radius 2 is 0.720 bits per heavy atom. The molecule has 0 fully saturated rings. The third kappa shape index (κ3) is 9.88. The van der Waals surface area contributed by atoms with Crippen LogP contribution in [-0.2, 0) is 71.8 Å². The summed E-state index contributed by atoms with van der Waals surface area (Å²) in [5.74, 6) is 0.323. The quantitative estimate of drug-likeness (QED) is 0.0987. The van der Waals surface area contributed by atoms with Crippen LogP contribution in [0.15, 0.2) is 72.8 Å². The van der Waals surface area contributed by atoms with Gasteiger partial charge in [0.25, 0.3) is 11.8 Å². The first-order valence-corrected chi connectivity index (χ1v) is 16.4. The van der Waals surface area contributed by atoms with Crippen molar-refractivity contribution in [1.29, 1.82) is 0 Å². The standard InChI is InChI=1S/C38H40N2O10/c41-37(39-43)33-9-25-5-26(10-33)18-46-22-30-7-29(21-45-17-25)13-35(14-30)49-3-1-2-4-50-36-15-31-8-32(16-36)24-48-20-28-6-27(19-47-23-31)11-34(12-28)38(42)40-44/h5-16,43-44H,1-4,17-24H2,(H,39,41)(H,40,42). The summed E-state index contributed by atoms with van der Waals surface area (Å²) in [6.45, 7) is 3.66. The second-order valence-corrected chi connectivity index (χ2v) is 12.3. The van der Waals surface area contributed by atoms with Crippen LogP contribution in [0.5, 0.6) is 11.5 Å². The van der Waals surface area contributed by atoms with Crippen LogP contribution < -0.4 is 20.4 Å². The van der Waals surface area contributed by atoms with E-state index in [1.165, 1.54) is 0 Å². The summed E-state index contributed by atoms with van der Waals surface area (Å²) in [7, 11) is 0. The lowest BCUT2D eigenvalue weighted by atomic mass is 10.1. The van der Waals surface area contributed by atoms with Crippen LogP contribution in [0.2, 0.25) is 0 Å². The van der Waals surface area contributed by atoms with Crippen LogP contribution in [0.1, 0.15) is 78.1 Å². The van der Waals surface area contributed by atoms with Gasteiger partial charge in [-0.2, -0.15) is 0 Å². The number of unbranched alkanes of at least 4 members (excludes halogenated alkanes) is 1. The summed E-state index contributed by atoms with van der Waals surface area (Å²) in [6, 6.07) is 22.6. The second-order valence-electron chi connectivity index (χ2n) is 12.3. The molecule has 0 saturated heterocycles. The Bertz CT molecular complexity index is 1590. The third-order valence-corrected chi connectivity index (χ3v) is 8.11. The van der Waals surface area contributed by atoms with Gasteiger partial charge in [-0.15, -0.1) is 0 Å². The topological polar surface area (TPSA) is 154 Å². The van der Waals surface area contributed by atoms with Crippen molar-refractivity contribution in [2.45, 2.75) is 65.7 Å². The average Bonchev–Trinajstić information content (AvgIpc) is 3.11. The van der Waals surface area contributed by atoms with Crippen molar-refractivity contribution < 1.29 is 48.4 Å². The summed E-state index contributed by atoms with van der Waals surface area (Å²) in [5.41, 5.74) is 11.1. The minimum Gasteiger partial charge on any atom is -0.494 e. The minimum atomic E-state index is -0.582. The molecule has 0 aliphatic carbocycles. The first kappa shape index (κ1) is 35.0. The molecular weight excluding hydrogens is 644 g/mol. The largest absolute Gasteiger partial charge is 0.494 e. The van der Waals surface area contributed by atoms with Crippen molar-refractivity contribution in [3.63, 3.8) is 0 Å². The fourth-order valence-electron chi connectivity index (χ4n) is 5.94. The molecule has 4 N–H and O–H groups in total. The van der Waals surface area contributed by atoms with Gasteiger partial charge in [0.05, 0.1) is 66.1 Å². The molecule has 0 aromatic heterocycles. The third-order valence-electron chi connectivity index (χ3n) is 8.11. The van der Waals surface area contributed by atoms with Gasteiger partial charge in [0, 0.05) is 11.1 Å². The molecule has 2 aliphatic heterocycles. The molecule has 50 heavy (non-hydrogen) atoms. The molecule has 6 rings (SSSR count). The number of benzene rings is 4. The van der Waals surface area contributed by atoms with Crippen molar-refractivity contribution in [3.05, 3.63) is 128 Å². The number of carbonyl (C=O) groups excluding carboxylic acids is 2. The molecular formula is C38H40N2O10. The first-order chi connectivity index (χ1) is 24.4. The number of nitrogens with one attached hydrogen (secondary N) is 2. The lowest BCUT2D eigenvalue weighted by Gasteiger charge is -2.15. The molecule has 0 saturated carbocycles. The van der Waals surface area contributed by atoms with Gasteiger partial charge in [-0.1, -0.05) is 24.3 Å². The van der Waals surface area contributed by atoms with Gasteiger partial charge in [-0.05, 0) is 106 Å². The van der Waals surface area contributed by atoms with Crippen molar-refractivity contribution in [2.24, 2.45) is 0 Å². The smallest absolute Gasteiger partial charge is 0.274 e. The van der Waals surface area contributed by atoms with Crippen LogP contribution in [0.4, 0.5) is 0 Å². The molecule has 2 heterocycles. The van der Waals surface area contributed by atoms with Gasteiger partial charge in [0.2, 0.25) is 0 Å². The number of hydrogen-bond acceptors (Lipinski definition) is 10. The summed E-state index contributed by atoms with van der Waals surface area (Å²) in [5, 5.41) is 18.1. The molecule has 0 unspecified atom stereocenters. The summed E-state index contributed by atoms with van der Waals surface area (Å²) in [4.78, 5) is 24.0. The zero-order valence-electron chi connectivity index (χ0n) is 27.6. The number of rotatable bonds is 9. The molecule has 4 aromatic rings. The Morgan fingerprint density at radius 3 is 0.980 bits per heavy atom. The Kier molecular flexibility index (Phi) is 12.1. The summed E-state index contributed by atoms with van der Waals surface area (Å²) < 4.78 is 36.1. The highest BCUT2D eigenvalue weighted by Gasteiger charge is 2.13. The van der Waals surface area contributed by atoms with E-state index in [9.17, 15) is 9.59 Å². The van der Waals surface area contributed by atoms with E-state index in [2.05, 4.69) is 0 Å². The molecule has 4 aromatic carbocycles. The number of hydroxylamine groups is 2. The summed E-state index contributed by atoms with van der Waals surface area (Å²) in [6.07, 6.45) is 1.58. The SMILES string of the molecule is O=C(NO)c1cc2cc(c1)COCc1cc(cc(OCCCCOc3cc4cc(c3)COCc3cc(cc(C(=O)NO)c3)COC4)c1)COC2. The number of amides is 2. The zero-order chi connectivity index (χ0) is 34.7. The van der Waals surface area contributed by atoms with Crippen LogP contribution in [0, 0.1) is 0 Å². The lowest BCUT2D eigenvalue weighted by molar-refractivity contribution is 0.0700. The van der Waals surface area contributed by atoms with Crippen molar-refractivity contribution in [3.8, 4) is 11.5 Å². The Morgan fingerprint density at radius 1 is 0.460 bits per heavy atom. The van der Waals surface area contributed by atoms with E-state index < -0.39 is 11.8 Å². The molecule has 0 spiro atoms. The maximum absolute atomic E-state index is 12.0. The van der Waals surface area contributed by atoms with Crippen molar-refractivity contribution >= 4 is 11.8 Å². The van der Waals surface area contributed by atoms with Gasteiger partial charge in [0.1, 0.15) is 11.5 Å². The average molecular weight is 685 g/mol. The fourth-order valence-corrected chi connectivity index (χ4v) is 5.94. The van der Waals surface area contributed by atoms with E-state index in [0.29, 0.717) is 77.2 Å². The molecule has 12 heteroatoms. The molecule has 12 nitrogen and oxygen atoms in total. The van der Waals surface area contributed by atoms with E-state index in [4.69, 9.17) is 38.8 Å². The molecule has 0 atom stereocenters. The van der Waals surface area contributed by atoms with Crippen molar-refractivity contribution in [2.75, 3.05) is 13.2 Å². The van der Waals surface area contributed by atoms with Crippen LogP contribution in [0.25, 0.3) is 0 Å². The monoisotopic (exact) mass is 684 g/mol. The van der Waals surface area contributed by atoms with Crippen LogP contribution in [0.3, 0.4) is 0 Å². The number of carbonyl (C=O) groups is 2. The van der Waals surface area contributed by atoms with Gasteiger partial charge in [-0.25, -0.2) is 11.0 Å². The van der Waals surface area contributed by atoms with Gasteiger partial charge in [0.15, 0.2) is 0 Å². The molecule has 2 aliphatic rings. The highest BCUT2D eigenvalue weighted by molar-refractivity contribution is 5.94. The van der Waals surface area contributed by atoms with E-state index in [-0.39, 0.29) is 0 Å². The highest BCUT2D eigenvalue weighted by atomic mass is 16.5. The molecule has 0 radical (unpaired) electrons. The van der Waals surface area contributed by atoms with Gasteiger partial charge in [-0.3, -0.25) is 20.0 Å². The Hall–Kier alpha value is -4.82. The van der Waals surface area contributed by atoms with Crippen molar-refractivity contribution in [1.82, 2.24) is 11.0 Å². The number of fused-ring (bicyclic) bond motifs is 8. The Labute approximate surface area is 289 Å². The second kappa shape index (κ2) is 17.2. The summed E-state index contributed by atoms with van der Waals surface area (Å²) >= 11 is 0. The minimum absolute atomic E-state index is 0.298. The number of ether oxygens (including phenoxy) is 6. The first-order valence-electron chi connectivity index (χ1n) is 16.4. The van der Waals surface area contributed by atoms with Crippen LogP contribution >= 0.6 is 0 Å². The van der Waals surface area contributed by atoms with E-state index in [1.54, 1.807) is 35.2 Å². The van der Waals surface area contributed by atoms with E-state index in [1.807, 2.05) is 48.5 Å². The maximum Gasteiger partial charge on any atom is 0.274 e. The van der Waals surface area contributed by atoms with E-state index >= 15 is 0 Å². The highest BCUT2D eigenvalue weighted by Crippen LogP contribution is 2.24. The molecule has 8 bridgehead atoms. The van der Waals surface area contributed by atoms with Gasteiger partial charge >= 0.3 is 0 Å². The lowest BCUT2D eigenvalue weighted by Crippen LogP contribution is -2.19. The predicted octanol–water partition coefficient (Wildman–Crippen LogP) is 5.66. The molecule has 262 valence electrons. The van der Waals surface area contributed by atoms with Gasteiger partial charge < -0.3 is 28.4 Å². The zero-order valence-corrected chi connectivity index (χ0v) is 27.6. The maximum atomic E-state index is 12.0. The fraction of sp³-hybridized carbons (Fsp3) is 0.316.